The van der Waals surface area contributed by atoms with Gasteiger partial charge in [0.2, 0.25) is 0 Å². The van der Waals surface area contributed by atoms with Gasteiger partial charge in [-0.1, -0.05) is 13.8 Å². The predicted octanol–water partition coefficient (Wildman–Crippen LogP) is 3.17. The second kappa shape index (κ2) is 6.63. The molecular weight excluding hydrogens is 290 g/mol. The Kier molecular flexibility index (Phi) is 4.76. The van der Waals surface area contributed by atoms with Crippen LogP contribution >= 0.6 is 0 Å². The summed E-state index contributed by atoms with van der Waals surface area (Å²) in [6.07, 6.45) is 5.65. The molecule has 0 radical (unpaired) electrons. The Hall–Kier alpha value is -1.36. The average molecular weight is 319 g/mol. The van der Waals surface area contributed by atoms with Crippen LogP contribution in [-0.4, -0.2) is 45.9 Å². The topological polar surface area (TPSA) is 58.4 Å². The maximum Gasteiger partial charge on any atom is 0.303 e. The predicted molar refractivity (Wildman–Crippen MR) is 90.0 cm³/mol. The molecule has 2 aliphatic rings. The molecule has 5 heteroatoms. The van der Waals surface area contributed by atoms with Gasteiger partial charge in [-0.05, 0) is 64.1 Å². The van der Waals surface area contributed by atoms with Crippen molar-refractivity contribution in [1.29, 1.82) is 0 Å². The Labute approximate surface area is 138 Å². The Morgan fingerprint density at radius 3 is 2.61 bits per heavy atom. The van der Waals surface area contributed by atoms with Gasteiger partial charge in [-0.2, -0.15) is 5.10 Å². The SMILES string of the molecule is CC(C)c1nn(C2CCN(C)CC2)c2c1C(CC(=O)O)CCC2. The molecular formula is C18H29N3O2. The van der Waals surface area contributed by atoms with Crippen LogP contribution in [0.5, 0.6) is 0 Å². The summed E-state index contributed by atoms with van der Waals surface area (Å²) in [5, 5.41) is 14.3. The van der Waals surface area contributed by atoms with Crippen LogP contribution in [0.2, 0.25) is 0 Å². The summed E-state index contributed by atoms with van der Waals surface area (Å²) >= 11 is 0. The number of nitrogens with zero attached hydrogens (tertiary/aromatic N) is 3. The lowest BCUT2D eigenvalue weighted by Crippen LogP contribution is -2.32. The molecule has 1 aromatic rings. The lowest BCUT2D eigenvalue weighted by Gasteiger charge is -2.31. The Morgan fingerprint density at radius 1 is 1.30 bits per heavy atom. The number of aromatic nitrogens is 2. The Morgan fingerprint density at radius 2 is 2.00 bits per heavy atom. The smallest absolute Gasteiger partial charge is 0.303 e. The molecule has 1 N–H and O–H groups in total. The number of fused-ring (bicyclic) bond motifs is 1. The number of piperidine rings is 1. The molecule has 2 heterocycles. The van der Waals surface area contributed by atoms with Gasteiger partial charge in [0.25, 0.3) is 0 Å². The van der Waals surface area contributed by atoms with Gasteiger partial charge in [0.15, 0.2) is 0 Å². The second-order valence-corrected chi connectivity index (χ2v) is 7.57. The number of aliphatic carboxylic acids is 1. The highest BCUT2D eigenvalue weighted by atomic mass is 16.4. The van der Waals surface area contributed by atoms with E-state index < -0.39 is 5.97 Å². The molecule has 23 heavy (non-hydrogen) atoms. The zero-order valence-corrected chi connectivity index (χ0v) is 14.6. The first kappa shape index (κ1) is 16.5. The Balaban J connectivity index is 1.97. The molecule has 1 fully saturated rings. The van der Waals surface area contributed by atoms with E-state index in [1.807, 2.05) is 0 Å². The number of rotatable bonds is 4. The highest BCUT2D eigenvalue weighted by molar-refractivity contribution is 5.68. The second-order valence-electron chi connectivity index (χ2n) is 7.57. The van der Waals surface area contributed by atoms with Gasteiger partial charge in [0, 0.05) is 11.3 Å². The molecule has 0 saturated carbocycles. The Bertz CT molecular complexity index is 571. The molecule has 0 bridgehead atoms. The molecule has 0 aromatic carbocycles. The number of hydrogen-bond donors (Lipinski definition) is 1. The van der Waals surface area contributed by atoms with Crippen LogP contribution in [0.25, 0.3) is 0 Å². The molecule has 1 aliphatic heterocycles. The van der Waals surface area contributed by atoms with Gasteiger partial charge in [-0.3, -0.25) is 9.48 Å². The van der Waals surface area contributed by atoms with Crippen molar-refractivity contribution in [2.45, 2.75) is 70.3 Å². The van der Waals surface area contributed by atoms with Gasteiger partial charge < -0.3 is 10.0 Å². The minimum Gasteiger partial charge on any atom is -0.481 e. The molecule has 128 valence electrons. The van der Waals surface area contributed by atoms with Crippen molar-refractivity contribution in [2.75, 3.05) is 20.1 Å². The van der Waals surface area contributed by atoms with Crippen LogP contribution in [0.3, 0.4) is 0 Å². The molecule has 3 rings (SSSR count). The number of carboxylic acid groups (broad SMARTS) is 1. The maximum absolute atomic E-state index is 11.3. The summed E-state index contributed by atoms with van der Waals surface area (Å²) in [6.45, 7) is 6.59. The van der Waals surface area contributed by atoms with E-state index in [-0.39, 0.29) is 12.3 Å². The highest BCUT2D eigenvalue weighted by Crippen LogP contribution is 2.40. The number of carboxylic acids is 1. The first-order chi connectivity index (χ1) is 11.0. The number of likely N-dealkylation sites (tertiary alicyclic amines) is 1. The fourth-order valence-corrected chi connectivity index (χ4v) is 4.24. The molecule has 1 aliphatic carbocycles. The van der Waals surface area contributed by atoms with E-state index >= 15 is 0 Å². The fourth-order valence-electron chi connectivity index (χ4n) is 4.24. The van der Waals surface area contributed by atoms with E-state index in [4.69, 9.17) is 5.10 Å². The standard InChI is InChI=1S/C18H29N3O2/c1-12(2)18-17-13(11-16(22)23)5-4-6-15(17)21(19-18)14-7-9-20(3)10-8-14/h12-14H,4-11H2,1-3H3,(H,22,23). The van der Waals surface area contributed by atoms with Gasteiger partial charge >= 0.3 is 5.97 Å². The minimum absolute atomic E-state index is 0.147. The zero-order valence-electron chi connectivity index (χ0n) is 14.6. The fraction of sp³-hybridized carbons (Fsp3) is 0.778. The van der Waals surface area contributed by atoms with Crippen molar-refractivity contribution < 1.29 is 9.90 Å². The van der Waals surface area contributed by atoms with Crippen LogP contribution in [0.4, 0.5) is 0 Å². The third-order valence-electron chi connectivity index (χ3n) is 5.46. The van der Waals surface area contributed by atoms with Crippen molar-refractivity contribution in [3.05, 3.63) is 17.0 Å². The van der Waals surface area contributed by atoms with Crippen molar-refractivity contribution in [3.8, 4) is 0 Å². The molecule has 1 saturated heterocycles. The molecule has 1 unspecified atom stereocenters. The lowest BCUT2D eigenvalue weighted by molar-refractivity contribution is -0.137. The van der Waals surface area contributed by atoms with E-state index in [1.165, 1.54) is 11.3 Å². The molecule has 1 aromatic heterocycles. The summed E-state index contributed by atoms with van der Waals surface area (Å²) in [5.74, 6) is -0.191. The summed E-state index contributed by atoms with van der Waals surface area (Å²) in [4.78, 5) is 13.6. The minimum atomic E-state index is -0.690. The van der Waals surface area contributed by atoms with Crippen molar-refractivity contribution in [2.24, 2.45) is 0 Å². The molecule has 0 amide bonds. The maximum atomic E-state index is 11.3. The van der Waals surface area contributed by atoms with Crippen LogP contribution in [-0.2, 0) is 11.2 Å². The highest BCUT2D eigenvalue weighted by Gasteiger charge is 2.33. The quantitative estimate of drug-likeness (QED) is 0.926. The van der Waals surface area contributed by atoms with Crippen LogP contribution in [0.15, 0.2) is 0 Å². The van der Waals surface area contributed by atoms with E-state index in [0.717, 1.165) is 50.9 Å². The monoisotopic (exact) mass is 319 g/mol. The first-order valence-electron chi connectivity index (χ1n) is 8.98. The third-order valence-corrected chi connectivity index (χ3v) is 5.46. The van der Waals surface area contributed by atoms with Crippen LogP contribution in [0, 0.1) is 0 Å². The molecule has 1 atom stereocenters. The van der Waals surface area contributed by atoms with Gasteiger partial charge in [-0.25, -0.2) is 0 Å². The van der Waals surface area contributed by atoms with Crippen LogP contribution < -0.4 is 0 Å². The average Bonchev–Trinajstić information content (AvgIpc) is 2.88. The normalized spacial score (nSPS) is 23.2. The third kappa shape index (κ3) is 3.30. The van der Waals surface area contributed by atoms with Crippen LogP contribution in [0.1, 0.15) is 80.8 Å². The van der Waals surface area contributed by atoms with Crippen molar-refractivity contribution >= 4 is 5.97 Å². The van der Waals surface area contributed by atoms with Gasteiger partial charge in [0.05, 0.1) is 18.2 Å². The summed E-state index contributed by atoms with van der Waals surface area (Å²) in [5.41, 5.74) is 3.75. The van der Waals surface area contributed by atoms with E-state index in [1.54, 1.807) is 0 Å². The summed E-state index contributed by atoms with van der Waals surface area (Å²) in [7, 11) is 2.18. The summed E-state index contributed by atoms with van der Waals surface area (Å²) < 4.78 is 2.28. The lowest BCUT2D eigenvalue weighted by atomic mass is 9.81. The molecule has 0 spiro atoms. The first-order valence-corrected chi connectivity index (χ1v) is 8.98. The van der Waals surface area contributed by atoms with Gasteiger partial charge in [0.1, 0.15) is 0 Å². The van der Waals surface area contributed by atoms with Gasteiger partial charge in [-0.15, -0.1) is 0 Å². The van der Waals surface area contributed by atoms with E-state index in [0.29, 0.717) is 12.0 Å². The van der Waals surface area contributed by atoms with Crippen molar-refractivity contribution in [1.82, 2.24) is 14.7 Å². The van der Waals surface area contributed by atoms with Crippen molar-refractivity contribution in [3.63, 3.8) is 0 Å². The number of carbonyl (C=O) groups is 1. The zero-order chi connectivity index (χ0) is 16.6. The summed E-state index contributed by atoms with van der Waals surface area (Å²) in [6, 6.07) is 0.482. The molecule has 5 nitrogen and oxygen atoms in total. The van der Waals surface area contributed by atoms with E-state index in [2.05, 4.69) is 30.5 Å². The largest absolute Gasteiger partial charge is 0.481 e. The van der Waals surface area contributed by atoms with E-state index in [9.17, 15) is 9.90 Å². The number of hydrogen-bond acceptors (Lipinski definition) is 3.